The Bertz CT molecular complexity index is 259. The maximum absolute atomic E-state index is 3.44. The quantitative estimate of drug-likeness (QED) is 0.596. The third kappa shape index (κ3) is 6.12. The van der Waals surface area contributed by atoms with Crippen LogP contribution in [0.4, 0.5) is 0 Å². The normalized spacial score (nSPS) is 10.5. The highest BCUT2D eigenvalue weighted by molar-refractivity contribution is 14.1. The fourth-order valence-corrected chi connectivity index (χ4v) is 1.71. The summed E-state index contributed by atoms with van der Waals surface area (Å²) in [5.41, 5.74) is 1.36. The van der Waals surface area contributed by atoms with Crippen LogP contribution >= 0.6 is 22.6 Å². The number of halogens is 1. The zero-order valence-corrected chi connectivity index (χ0v) is 11.4. The molecule has 1 rings (SSSR count). The Hall–Kier alpha value is -0.130. The van der Waals surface area contributed by atoms with Crippen LogP contribution in [0.5, 0.6) is 0 Å². The molecule has 3 heteroatoms. The van der Waals surface area contributed by atoms with Crippen molar-refractivity contribution >= 4 is 22.6 Å². The predicted octanol–water partition coefficient (Wildman–Crippen LogP) is 2.38. The van der Waals surface area contributed by atoms with Gasteiger partial charge in [-0.3, -0.25) is 0 Å². The van der Waals surface area contributed by atoms with Crippen LogP contribution < -0.4 is 10.6 Å². The third-order valence-electron chi connectivity index (χ3n) is 2.20. The molecule has 0 saturated heterocycles. The maximum Gasteiger partial charge on any atom is 0.0205 e. The summed E-state index contributed by atoms with van der Waals surface area (Å²) in [6.45, 7) is 6.37. The maximum atomic E-state index is 3.44. The van der Waals surface area contributed by atoms with E-state index in [1.54, 1.807) is 0 Å². The van der Waals surface area contributed by atoms with E-state index in [9.17, 15) is 0 Å². The second-order valence-corrected chi connectivity index (χ2v) is 4.76. The Morgan fingerprint density at radius 1 is 1.07 bits per heavy atom. The van der Waals surface area contributed by atoms with E-state index in [1.165, 1.54) is 15.6 Å². The lowest BCUT2D eigenvalue weighted by Crippen LogP contribution is -2.21. The van der Waals surface area contributed by atoms with Crippen LogP contribution in [0.1, 0.15) is 18.9 Å². The topological polar surface area (TPSA) is 24.1 Å². The Morgan fingerprint density at radius 3 is 2.40 bits per heavy atom. The van der Waals surface area contributed by atoms with E-state index in [2.05, 4.69) is 64.4 Å². The zero-order chi connectivity index (χ0) is 10.9. The molecule has 2 N–H and O–H groups in total. The Morgan fingerprint density at radius 2 is 1.73 bits per heavy atom. The van der Waals surface area contributed by atoms with E-state index >= 15 is 0 Å². The van der Waals surface area contributed by atoms with Crippen molar-refractivity contribution in [1.29, 1.82) is 0 Å². The molecule has 0 amide bonds. The smallest absolute Gasteiger partial charge is 0.0205 e. The van der Waals surface area contributed by atoms with Gasteiger partial charge in [0.05, 0.1) is 0 Å². The molecule has 15 heavy (non-hydrogen) atoms. The molecule has 1 aromatic rings. The van der Waals surface area contributed by atoms with Crippen molar-refractivity contribution in [1.82, 2.24) is 10.6 Å². The van der Waals surface area contributed by atoms with Gasteiger partial charge in [-0.2, -0.15) is 0 Å². The number of hydrogen-bond acceptors (Lipinski definition) is 2. The van der Waals surface area contributed by atoms with Gasteiger partial charge in [0.1, 0.15) is 0 Å². The molecule has 0 spiro atoms. The molecule has 84 valence electrons. The SMILES string of the molecule is CCNCCCNCc1ccc(I)cc1. The largest absolute Gasteiger partial charge is 0.317 e. The standard InChI is InChI=1S/C12H19IN2/c1-2-14-8-3-9-15-10-11-4-6-12(13)7-5-11/h4-7,14-15H,2-3,8-10H2,1H3. The molecule has 0 aliphatic rings. The summed E-state index contributed by atoms with van der Waals surface area (Å²) in [6, 6.07) is 8.66. The summed E-state index contributed by atoms with van der Waals surface area (Å²) in [5, 5.41) is 6.75. The monoisotopic (exact) mass is 318 g/mol. The fourth-order valence-electron chi connectivity index (χ4n) is 1.35. The first-order valence-corrected chi connectivity index (χ1v) is 6.56. The molecule has 0 bridgehead atoms. The van der Waals surface area contributed by atoms with Crippen molar-refractivity contribution in [2.45, 2.75) is 19.9 Å². The van der Waals surface area contributed by atoms with Crippen LogP contribution in [-0.4, -0.2) is 19.6 Å². The van der Waals surface area contributed by atoms with Crippen molar-refractivity contribution < 1.29 is 0 Å². The Kier molecular flexibility index (Phi) is 6.96. The van der Waals surface area contributed by atoms with Gasteiger partial charge in [-0.1, -0.05) is 19.1 Å². The minimum Gasteiger partial charge on any atom is -0.317 e. The summed E-state index contributed by atoms with van der Waals surface area (Å²) in [7, 11) is 0. The summed E-state index contributed by atoms with van der Waals surface area (Å²) >= 11 is 2.33. The molecule has 0 fully saturated rings. The second-order valence-electron chi connectivity index (χ2n) is 3.51. The van der Waals surface area contributed by atoms with Gasteiger partial charge in [-0.25, -0.2) is 0 Å². The first-order valence-electron chi connectivity index (χ1n) is 5.49. The van der Waals surface area contributed by atoms with Gasteiger partial charge in [0, 0.05) is 10.1 Å². The molecule has 0 radical (unpaired) electrons. The lowest BCUT2D eigenvalue weighted by molar-refractivity contribution is 0.606. The molecule has 0 heterocycles. The molecular weight excluding hydrogens is 299 g/mol. The third-order valence-corrected chi connectivity index (χ3v) is 2.92. The van der Waals surface area contributed by atoms with E-state index in [0.29, 0.717) is 0 Å². The fraction of sp³-hybridized carbons (Fsp3) is 0.500. The van der Waals surface area contributed by atoms with Gasteiger partial charge in [0.15, 0.2) is 0 Å². The average Bonchev–Trinajstić information content (AvgIpc) is 2.26. The van der Waals surface area contributed by atoms with Crippen molar-refractivity contribution in [3.05, 3.63) is 33.4 Å². The number of nitrogens with one attached hydrogen (secondary N) is 2. The lowest BCUT2D eigenvalue weighted by atomic mass is 10.2. The molecule has 0 aliphatic heterocycles. The van der Waals surface area contributed by atoms with E-state index in [4.69, 9.17) is 0 Å². The van der Waals surface area contributed by atoms with Gasteiger partial charge in [-0.05, 0) is 66.3 Å². The number of hydrogen-bond donors (Lipinski definition) is 2. The van der Waals surface area contributed by atoms with Crippen LogP contribution in [0.25, 0.3) is 0 Å². The molecule has 2 nitrogen and oxygen atoms in total. The Labute approximate surface area is 106 Å². The molecule has 0 aromatic heterocycles. The highest BCUT2D eigenvalue weighted by Gasteiger charge is 1.92. The van der Waals surface area contributed by atoms with Crippen molar-refractivity contribution in [2.24, 2.45) is 0 Å². The summed E-state index contributed by atoms with van der Waals surface area (Å²) < 4.78 is 1.29. The van der Waals surface area contributed by atoms with Crippen molar-refractivity contribution in [3.8, 4) is 0 Å². The van der Waals surface area contributed by atoms with E-state index in [1.807, 2.05) is 0 Å². The predicted molar refractivity (Wildman–Crippen MR) is 74.0 cm³/mol. The van der Waals surface area contributed by atoms with Gasteiger partial charge in [-0.15, -0.1) is 0 Å². The molecule has 1 aromatic carbocycles. The van der Waals surface area contributed by atoms with Crippen LogP contribution in [-0.2, 0) is 6.54 Å². The number of benzene rings is 1. The van der Waals surface area contributed by atoms with E-state index in [-0.39, 0.29) is 0 Å². The first-order chi connectivity index (χ1) is 7.33. The zero-order valence-electron chi connectivity index (χ0n) is 9.22. The van der Waals surface area contributed by atoms with Crippen LogP contribution in [0.2, 0.25) is 0 Å². The highest BCUT2D eigenvalue weighted by Crippen LogP contribution is 2.06. The summed E-state index contributed by atoms with van der Waals surface area (Å²) in [5.74, 6) is 0. The number of rotatable bonds is 7. The molecule has 0 unspecified atom stereocenters. The summed E-state index contributed by atoms with van der Waals surface area (Å²) in [6.07, 6.45) is 1.19. The molecule has 0 saturated carbocycles. The minimum atomic E-state index is 0.975. The highest BCUT2D eigenvalue weighted by atomic mass is 127. The average molecular weight is 318 g/mol. The first kappa shape index (κ1) is 12.9. The van der Waals surface area contributed by atoms with Gasteiger partial charge >= 0.3 is 0 Å². The molecular formula is C12H19IN2. The second kappa shape index (κ2) is 8.07. The van der Waals surface area contributed by atoms with Crippen LogP contribution in [0.15, 0.2) is 24.3 Å². The minimum absolute atomic E-state index is 0.975. The molecule has 0 aliphatic carbocycles. The van der Waals surface area contributed by atoms with Crippen molar-refractivity contribution in [2.75, 3.05) is 19.6 Å². The van der Waals surface area contributed by atoms with Gasteiger partial charge in [0.25, 0.3) is 0 Å². The summed E-state index contributed by atoms with van der Waals surface area (Å²) in [4.78, 5) is 0. The Balaban J connectivity index is 2.07. The van der Waals surface area contributed by atoms with Crippen LogP contribution in [0.3, 0.4) is 0 Å². The van der Waals surface area contributed by atoms with Crippen LogP contribution in [0, 0.1) is 3.57 Å². The molecule has 0 atom stereocenters. The van der Waals surface area contributed by atoms with Gasteiger partial charge < -0.3 is 10.6 Å². The van der Waals surface area contributed by atoms with E-state index < -0.39 is 0 Å². The lowest BCUT2D eigenvalue weighted by Gasteiger charge is -2.05. The van der Waals surface area contributed by atoms with Crippen molar-refractivity contribution in [3.63, 3.8) is 0 Å². The van der Waals surface area contributed by atoms with Gasteiger partial charge in [0.2, 0.25) is 0 Å². The van der Waals surface area contributed by atoms with E-state index in [0.717, 1.165) is 26.2 Å².